The Labute approximate surface area is 118 Å². The first-order chi connectivity index (χ1) is 9.34. The smallest absolute Gasteiger partial charge is 0.229 e. The van der Waals surface area contributed by atoms with Crippen LogP contribution in [0, 0.1) is 11.3 Å². The topological polar surface area (TPSA) is 104 Å². The lowest BCUT2D eigenvalue weighted by Crippen LogP contribution is -2.40. The van der Waals surface area contributed by atoms with E-state index < -0.39 is 25.9 Å². The molecule has 0 bridgehead atoms. The average Bonchev–Trinajstić information content (AvgIpc) is 2.41. The standard InChI is InChI=1S/C12H14N2O4S2/c13-9-10-3-1-2-4-12(10)20(17,18)14-11-5-7-19(15,16)8-6-11/h1-4,11,14H,5-8H2. The zero-order valence-electron chi connectivity index (χ0n) is 10.6. The summed E-state index contributed by atoms with van der Waals surface area (Å²) in [6, 6.07) is 7.35. The molecule has 2 rings (SSSR count). The number of rotatable bonds is 3. The van der Waals surface area contributed by atoms with Gasteiger partial charge < -0.3 is 0 Å². The highest BCUT2D eigenvalue weighted by molar-refractivity contribution is 7.91. The van der Waals surface area contributed by atoms with Crippen molar-refractivity contribution in [3.63, 3.8) is 0 Å². The Morgan fingerprint density at radius 3 is 2.40 bits per heavy atom. The summed E-state index contributed by atoms with van der Waals surface area (Å²) in [6.45, 7) is 0. The molecule has 108 valence electrons. The fourth-order valence-corrected chi connectivity index (χ4v) is 5.04. The van der Waals surface area contributed by atoms with Crippen molar-refractivity contribution in [1.82, 2.24) is 4.72 Å². The SMILES string of the molecule is N#Cc1ccccc1S(=O)(=O)NC1CCS(=O)(=O)CC1. The van der Waals surface area contributed by atoms with Gasteiger partial charge in [0.15, 0.2) is 0 Å². The first kappa shape index (κ1) is 15.0. The molecule has 6 nitrogen and oxygen atoms in total. The lowest BCUT2D eigenvalue weighted by molar-refractivity contribution is 0.505. The van der Waals surface area contributed by atoms with Crippen LogP contribution in [0.2, 0.25) is 0 Å². The molecule has 0 aliphatic carbocycles. The molecule has 0 aromatic heterocycles. The molecule has 0 atom stereocenters. The van der Waals surface area contributed by atoms with Crippen LogP contribution in [0.1, 0.15) is 18.4 Å². The van der Waals surface area contributed by atoms with E-state index in [1.807, 2.05) is 6.07 Å². The second kappa shape index (κ2) is 5.52. The molecular weight excluding hydrogens is 300 g/mol. The van der Waals surface area contributed by atoms with Gasteiger partial charge in [0.1, 0.15) is 15.9 Å². The van der Waals surface area contributed by atoms with Crippen molar-refractivity contribution in [2.24, 2.45) is 0 Å². The van der Waals surface area contributed by atoms with Crippen molar-refractivity contribution in [2.45, 2.75) is 23.8 Å². The fourth-order valence-electron chi connectivity index (χ4n) is 2.08. The maximum atomic E-state index is 12.2. The first-order valence-corrected chi connectivity index (χ1v) is 9.36. The molecule has 1 aromatic carbocycles. The Morgan fingerprint density at radius 2 is 1.80 bits per heavy atom. The summed E-state index contributed by atoms with van der Waals surface area (Å²) in [5.74, 6) is -0.0276. The highest BCUT2D eigenvalue weighted by Gasteiger charge is 2.28. The predicted molar refractivity (Wildman–Crippen MR) is 73.2 cm³/mol. The van der Waals surface area contributed by atoms with Crippen molar-refractivity contribution in [3.05, 3.63) is 29.8 Å². The maximum absolute atomic E-state index is 12.2. The minimum absolute atomic E-state index is 0.0138. The van der Waals surface area contributed by atoms with Gasteiger partial charge in [0.2, 0.25) is 10.0 Å². The zero-order valence-corrected chi connectivity index (χ0v) is 12.2. The molecule has 1 heterocycles. The van der Waals surface area contributed by atoms with Gasteiger partial charge in [-0.3, -0.25) is 0 Å². The van der Waals surface area contributed by atoms with Gasteiger partial charge in [-0.2, -0.15) is 5.26 Å². The molecule has 1 aliphatic heterocycles. The van der Waals surface area contributed by atoms with Crippen molar-refractivity contribution >= 4 is 19.9 Å². The van der Waals surface area contributed by atoms with Gasteiger partial charge >= 0.3 is 0 Å². The number of sulfone groups is 1. The molecule has 1 aromatic rings. The van der Waals surface area contributed by atoms with Crippen molar-refractivity contribution in [2.75, 3.05) is 11.5 Å². The van der Waals surface area contributed by atoms with Crippen molar-refractivity contribution < 1.29 is 16.8 Å². The second-order valence-corrected chi connectivity index (χ2v) is 8.64. The highest BCUT2D eigenvalue weighted by atomic mass is 32.2. The van der Waals surface area contributed by atoms with E-state index in [-0.39, 0.29) is 34.8 Å². The summed E-state index contributed by atoms with van der Waals surface area (Å²) in [5.41, 5.74) is 0.0726. The lowest BCUT2D eigenvalue weighted by atomic mass is 10.2. The van der Waals surface area contributed by atoms with E-state index in [0.717, 1.165) is 0 Å². The van der Waals surface area contributed by atoms with Gasteiger partial charge in [-0.05, 0) is 25.0 Å². The first-order valence-electron chi connectivity index (χ1n) is 6.06. The van der Waals surface area contributed by atoms with Crippen LogP contribution in [0.15, 0.2) is 29.2 Å². The molecule has 1 saturated heterocycles. The molecule has 1 N–H and O–H groups in total. The van der Waals surface area contributed by atoms with Gasteiger partial charge in [0, 0.05) is 6.04 Å². The van der Waals surface area contributed by atoms with E-state index >= 15 is 0 Å². The Bertz CT molecular complexity index is 734. The van der Waals surface area contributed by atoms with Gasteiger partial charge in [-0.1, -0.05) is 12.1 Å². The minimum Gasteiger partial charge on any atom is -0.229 e. The second-order valence-electron chi connectivity index (χ2n) is 4.66. The summed E-state index contributed by atoms with van der Waals surface area (Å²) in [4.78, 5) is -0.0732. The number of benzene rings is 1. The number of nitriles is 1. The van der Waals surface area contributed by atoms with E-state index in [2.05, 4.69) is 4.72 Å². The molecule has 20 heavy (non-hydrogen) atoms. The fraction of sp³-hybridized carbons (Fsp3) is 0.417. The quantitative estimate of drug-likeness (QED) is 0.870. The van der Waals surface area contributed by atoms with Crippen molar-refractivity contribution in [1.29, 1.82) is 5.26 Å². The highest BCUT2D eigenvalue weighted by Crippen LogP contribution is 2.18. The molecule has 0 spiro atoms. The van der Waals surface area contributed by atoms with E-state index in [0.29, 0.717) is 0 Å². The van der Waals surface area contributed by atoms with Crippen LogP contribution >= 0.6 is 0 Å². The number of nitrogens with zero attached hydrogens (tertiary/aromatic N) is 1. The summed E-state index contributed by atoms with van der Waals surface area (Å²) in [5, 5.41) is 8.93. The molecule has 0 saturated carbocycles. The molecule has 0 amide bonds. The number of nitrogens with one attached hydrogen (secondary N) is 1. The van der Waals surface area contributed by atoms with Gasteiger partial charge in [0.05, 0.1) is 22.0 Å². The zero-order chi connectivity index (χ0) is 14.8. The molecule has 1 aliphatic rings. The third-order valence-corrected chi connectivity index (χ3v) is 6.47. The van der Waals surface area contributed by atoms with Crippen LogP contribution in [-0.4, -0.2) is 34.4 Å². The van der Waals surface area contributed by atoms with Crippen LogP contribution in [-0.2, 0) is 19.9 Å². The van der Waals surface area contributed by atoms with Crippen LogP contribution in [0.25, 0.3) is 0 Å². The van der Waals surface area contributed by atoms with Crippen LogP contribution in [0.4, 0.5) is 0 Å². The van der Waals surface area contributed by atoms with Gasteiger partial charge in [0.25, 0.3) is 0 Å². The van der Waals surface area contributed by atoms with E-state index in [1.54, 1.807) is 12.1 Å². The third-order valence-electron chi connectivity index (χ3n) is 3.17. The molecule has 1 fully saturated rings. The van der Waals surface area contributed by atoms with Gasteiger partial charge in [-0.25, -0.2) is 21.6 Å². The average molecular weight is 314 g/mol. The summed E-state index contributed by atoms with van der Waals surface area (Å²) in [6.07, 6.45) is 0.520. The Hall–Kier alpha value is -1.43. The predicted octanol–water partition coefficient (Wildman–Crippen LogP) is 0.414. The molecular formula is C12H14N2O4S2. The minimum atomic E-state index is -3.81. The number of hydrogen-bond donors (Lipinski definition) is 1. The van der Waals surface area contributed by atoms with Crippen LogP contribution < -0.4 is 4.72 Å². The Kier molecular flexibility index (Phi) is 4.13. The Balaban J connectivity index is 2.19. The van der Waals surface area contributed by atoms with Crippen LogP contribution in [0.3, 0.4) is 0 Å². The monoisotopic (exact) mass is 314 g/mol. The largest absolute Gasteiger partial charge is 0.242 e. The van der Waals surface area contributed by atoms with Crippen molar-refractivity contribution in [3.8, 4) is 6.07 Å². The van der Waals surface area contributed by atoms with E-state index in [4.69, 9.17) is 5.26 Å². The summed E-state index contributed by atoms with van der Waals surface area (Å²) in [7, 11) is -6.84. The third kappa shape index (κ3) is 3.36. The summed E-state index contributed by atoms with van der Waals surface area (Å²) >= 11 is 0. The normalized spacial score (nSPS) is 19.4. The summed E-state index contributed by atoms with van der Waals surface area (Å²) < 4.78 is 49.6. The van der Waals surface area contributed by atoms with E-state index in [1.165, 1.54) is 12.1 Å². The maximum Gasteiger partial charge on any atom is 0.242 e. The van der Waals surface area contributed by atoms with Gasteiger partial charge in [-0.15, -0.1) is 0 Å². The van der Waals surface area contributed by atoms with Crippen LogP contribution in [0.5, 0.6) is 0 Å². The Morgan fingerprint density at radius 1 is 1.20 bits per heavy atom. The van der Waals surface area contributed by atoms with E-state index in [9.17, 15) is 16.8 Å². The molecule has 8 heteroatoms. The molecule has 0 unspecified atom stereocenters. The number of sulfonamides is 1. The molecule has 0 radical (unpaired) electrons. The lowest BCUT2D eigenvalue weighted by Gasteiger charge is -2.23. The number of hydrogen-bond acceptors (Lipinski definition) is 5.